The predicted octanol–water partition coefficient (Wildman–Crippen LogP) is 1.73. The summed E-state index contributed by atoms with van der Waals surface area (Å²) in [6, 6.07) is 10.4. The summed E-state index contributed by atoms with van der Waals surface area (Å²) in [5.74, 6) is -1.33. The van der Waals surface area contributed by atoms with Gasteiger partial charge in [-0.1, -0.05) is 31.2 Å². The first-order valence-electron chi connectivity index (χ1n) is 10.9. The Balaban J connectivity index is 1.59. The molecule has 1 amide bonds. The van der Waals surface area contributed by atoms with E-state index in [1.165, 1.54) is 16.7 Å². The van der Waals surface area contributed by atoms with Gasteiger partial charge in [-0.3, -0.25) is 9.59 Å². The van der Waals surface area contributed by atoms with E-state index in [1.807, 2.05) is 24.3 Å². The SMILES string of the molecule is CCc1ccc([C@@H]2C(C(=O)c3ccco3)=C(O)C(=O)N2CCC[NH+]2CCOCC2)cc1. The van der Waals surface area contributed by atoms with E-state index in [9.17, 15) is 14.7 Å². The normalized spacial score (nSPS) is 20.0. The third kappa shape index (κ3) is 4.43. The molecule has 2 aliphatic heterocycles. The summed E-state index contributed by atoms with van der Waals surface area (Å²) in [6.07, 6.45) is 3.09. The molecule has 0 saturated carbocycles. The van der Waals surface area contributed by atoms with Gasteiger partial charge in [0, 0.05) is 13.0 Å². The Kier molecular flexibility index (Phi) is 6.53. The molecule has 0 unspecified atom stereocenters. The lowest BCUT2D eigenvalue weighted by molar-refractivity contribution is -0.908. The summed E-state index contributed by atoms with van der Waals surface area (Å²) in [4.78, 5) is 29.2. The number of furan rings is 1. The number of ketones is 1. The van der Waals surface area contributed by atoms with Crippen molar-refractivity contribution in [3.05, 3.63) is 70.9 Å². The van der Waals surface area contributed by atoms with Gasteiger partial charge in [0.05, 0.1) is 37.6 Å². The number of nitrogens with one attached hydrogen (secondary N) is 1. The van der Waals surface area contributed by atoms with Crippen LogP contribution in [0.4, 0.5) is 0 Å². The van der Waals surface area contributed by atoms with Crippen molar-refractivity contribution in [1.29, 1.82) is 0 Å². The van der Waals surface area contributed by atoms with Gasteiger partial charge in [-0.25, -0.2) is 0 Å². The van der Waals surface area contributed by atoms with Crippen molar-refractivity contribution in [1.82, 2.24) is 4.90 Å². The number of ether oxygens (including phenoxy) is 1. The van der Waals surface area contributed by atoms with Crippen LogP contribution in [0.25, 0.3) is 0 Å². The van der Waals surface area contributed by atoms with Gasteiger partial charge in [0.1, 0.15) is 13.1 Å². The van der Waals surface area contributed by atoms with Crippen LogP contribution in [0.2, 0.25) is 0 Å². The summed E-state index contributed by atoms with van der Waals surface area (Å²) >= 11 is 0. The molecule has 1 aromatic carbocycles. The number of carbonyl (C=O) groups is 2. The van der Waals surface area contributed by atoms with Crippen LogP contribution in [-0.2, 0) is 16.0 Å². The molecule has 2 N–H and O–H groups in total. The van der Waals surface area contributed by atoms with Crippen LogP contribution < -0.4 is 4.90 Å². The van der Waals surface area contributed by atoms with Crippen molar-refractivity contribution in [2.24, 2.45) is 0 Å². The zero-order valence-electron chi connectivity index (χ0n) is 17.8. The number of aliphatic hydroxyl groups is 1. The van der Waals surface area contributed by atoms with Crippen molar-refractivity contribution in [2.45, 2.75) is 25.8 Å². The Labute approximate surface area is 181 Å². The first-order valence-corrected chi connectivity index (χ1v) is 10.9. The van der Waals surface area contributed by atoms with E-state index in [2.05, 4.69) is 6.92 Å². The highest BCUT2D eigenvalue weighted by atomic mass is 16.5. The molecular formula is C24H29N2O5+. The number of morpholine rings is 1. The van der Waals surface area contributed by atoms with Crippen LogP contribution in [0.5, 0.6) is 0 Å². The van der Waals surface area contributed by atoms with Crippen LogP contribution in [0.15, 0.2) is 58.4 Å². The summed E-state index contributed by atoms with van der Waals surface area (Å²) in [7, 11) is 0. The second-order valence-electron chi connectivity index (χ2n) is 8.03. The second kappa shape index (κ2) is 9.49. The highest BCUT2D eigenvalue weighted by Crippen LogP contribution is 2.39. The van der Waals surface area contributed by atoms with Crippen molar-refractivity contribution in [3.63, 3.8) is 0 Å². The van der Waals surface area contributed by atoms with E-state index in [4.69, 9.17) is 9.15 Å². The van der Waals surface area contributed by atoms with E-state index in [-0.39, 0.29) is 11.3 Å². The molecule has 164 valence electrons. The van der Waals surface area contributed by atoms with Crippen LogP contribution in [0.3, 0.4) is 0 Å². The molecule has 1 fully saturated rings. The number of carbonyl (C=O) groups excluding carboxylic acids is 2. The minimum absolute atomic E-state index is 0.0860. The summed E-state index contributed by atoms with van der Waals surface area (Å²) in [5.41, 5.74) is 2.06. The Morgan fingerprint density at radius 1 is 1.19 bits per heavy atom. The molecule has 0 spiro atoms. The number of aryl methyl sites for hydroxylation is 1. The highest BCUT2D eigenvalue weighted by Gasteiger charge is 2.44. The number of hydrogen-bond donors (Lipinski definition) is 2. The number of aliphatic hydroxyl groups excluding tert-OH is 1. The molecule has 0 bridgehead atoms. The fourth-order valence-electron chi connectivity index (χ4n) is 4.35. The molecule has 7 nitrogen and oxygen atoms in total. The summed E-state index contributed by atoms with van der Waals surface area (Å²) in [6.45, 7) is 6.89. The maximum atomic E-state index is 13.1. The Bertz CT molecular complexity index is 943. The average molecular weight is 426 g/mol. The third-order valence-electron chi connectivity index (χ3n) is 6.13. The zero-order valence-corrected chi connectivity index (χ0v) is 17.8. The molecule has 7 heteroatoms. The highest BCUT2D eigenvalue weighted by molar-refractivity contribution is 6.15. The number of rotatable bonds is 8. The fourth-order valence-corrected chi connectivity index (χ4v) is 4.35. The molecule has 1 atom stereocenters. The van der Waals surface area contributed by atoms with Gasteiger partial charge in [0.25, 0.3) is 5.91 Å². The van der Waals surface area contributed by atoms with Gasteiger partial charge in [-0.05, 0) is 29.7 Å². The van der Waals surface area contributed by atoms with Gasteiger partial charge in [0.2, 0.25) is 5.78 Å². The molecule has 0 aliphatic carbocycles. The van der Waals surface area contributed by atoms with Gasteiger partial charge in [-0.15, -0.1) is 0 Å². The maximum Gasteiger partial charge on any atom is 0.290 e. The molecule has 3 heterocycles. The topological polar surface area (TPSA) is 84.4 Å². The molecule has 2 aromatic rings. The van der Waals surface area contributed by atoms with Crippen molar-refractivity contribution >= 4 is 11.7 Å². The van der Waals surface area contributed by atoms with Crippen molar-refractivity contribution in [2.75, 3.05) is 39.4 Å². The molecule has 1 saturated heterocycles. The fraction of sp³-hybridized carbons (Fsp3) is 0.417. The molecule has 4 rings (SSSR count). The lowest BCUT2D eigenvalue weighted by Gasteiger charge is -2.28. The van der Waals surface area contributed by atoms with Crippen LogP contribution in [-0.4, -0.2) is 61.1 Å². The van der Waals surface area contributed by atoms with E-state index in [1.54, 1.807) is 17.0 Å². The maximum absolute atomic E-state index is 13.1. The zero-order chi connectivity index (χ0) is 21.8. The number of Topliss-reactive ketones (excluding diaryl/α,β-unsaturated/α-hetero) is 1. The number of benzene rings is 1. The lowest BCUT2D eigenvalue weighted by atomic mass is 9.94. The first-order chi connectivity index (χ1) is 15.1. The first kappa shape index (κ1) is 21.3. The largest absolute Gasteiger partial charge is 0.503 e. The molecule has 1 aromatic heterocycles. The van der Waals surface area contributed by atoms with Gasteiger partial charge in [0.15, 0.2) is 11.5 Å². The van der Waals surface area contributed by atoms with Crippen molar-refractivity contribution < 1.29 is 28.7 Å². The average Bonchev–Trinajstić information content (AvgIpc) is 3.43. The number of quaternary nitrogens is 1. The van der Waals surface area contributed by atoms with E-state index >= 15 is 0 Å². The monoisotopic (exact) mass is 425 g/mol. The van der Waals surface area contributed by atoms with E-state index in [0.29, 0.717) is 6.54 Å². The lowest BCUT2D eigenvalue weighted by Crippen LogP contribution is -3.14. The summed E-state index contributed by atoms with van der Waals surface area (Å²) < 4.78 is 10.7. The Morgan fingerprint density at radius 3 is 2.58 bits per heavy atom. The Morgan fingerprint density at radius 2 is 1.94 bits per heavy atom. The number of amides is 1. The Hall–Kier alpha value is -2.90. The second-order valence-corrected chi connectivity index (χ2v) is 8.03. The minimum Gasteiger partial charge on any atom is -0.503 e. The molecule has 31 heavy (non-hydrogen) atoms. The predicted molar refractivity (Wildman–Crippen MR) is 114 cm³/mol. The van der Waals surface area contributed by atoms with Crippen LogP contribution in [0, 0.1) is 0 Å². The van der Waals surface area contributed by atoms with Gasteiger partial charge < -0.3 is 24.1 Å². The minimum atomic E-state index is -0.629. The van der Waals surface area contributed by atoms with Crippen LogP contribution in [0.1, 0.15) is 41.1 Å². The van der Waals surface area contributed by atoms with Crippen LogP contribution >= 0.6 is 0 Å². The molecule has 2 aliphatic rings. The molecular weight excluding hydrogens is 396 g/mol. The smallest absolute Gasteiger partial charge is 0.290 e. The standard InChI is InChI=1S/C24H28N2O5/c1-2-17-6-8-18(9-7-17)21-20(22(27)19-5-3-14-31-19)23(28)24(29)26(21)11-4-10-25-12-15-30-16-13-25/h3,5-9,14,21,28H,2,4,10-13,15-16H2,1H3/p+1/t21-/m1/s1. The third-order valence-corrected chi connectivity index (χ3v) is 6.13. The molecule has 0 radical (unpaired) electrons. The van der Waals surface area contributed by atoms with E-state index < -0.39 is 23.5 Å². The van der Waals surface area contributed by atoms with Crippen molar-refractivity contribution in [3.8, 4) is 0 Å². The quantitative estimate of drug-likeness (QED) is 0.630. The number of hydrogen-bond acceptors (Lipinski definition) is 5. The van der Waals surface area contributed by atoms with Gasteiger partial charge >= 0.3 is 0 Å². The van der Waals surface area contributed by atoms with Gasteiger partial charge in [-0.2, -0.15) is 0 Å². The number of nitrogens with zero attached hydrogens (tertiary/aromatic N) is 1. The van der Waals surface area contributed by atoms with E-state index in [0.717, 1.165) is 51.3 Å². The summed E-state index contributed by atoms with van der Waals surface area (Å²) in [5, 5.41) is 10.7.